The number of amides is 1. The number of piperazine rings is 1. The molecule has 17 heavy (non-hydrogen) atoms. The summed E-state index contributed by atoms with van der Waals surface area (Å²) in [7, 11) is 0. The normalized spacial score (nSPS) is 19.2. The van der Waals surface area contributed by atoms with Gasteiger partial charge in [0.1, 0.15) is 0 Å². The Morgan fingerprint density at radius 3 is 2.65 bits per heavy atom. The third-order valence-corrected chi connectivity index (χ3v) is 3.49. The van der Waals surface area contributed by atoms with Crippen LogP contribution in [0.4, 0.5) is 0 Å². The molecule has 0 aliphatic carbocycles. The summed E-state index contributed by atoms with van der Waals surface area (Å²) in [6, 6.07) is 6.07. The Balaban J connectivity index is 1.81. The van der Waals surface area contributed by atoms with E-state index >= 15 is 0 Å². The van der Waals surface area contributed by atoms with Gasteiger partial charge in [0.25, 0.3) is 5.91 Å². The maximum Gasteiger partial charge on any atom is 0.253 e. The molecule has 2 heterocycles. The highest BCUT2D eigenvalue weighted by atomic mass is 16.2. The van der Waals surface area contributed by atoms with Crippen molar-refractivity contribution in [3.8, 4) is 0 Å². The van der Waals surface area contributed by atoms with Crippen molar-refractivity contribution in [2.24, 2.45) is 0 Å². The second kappa shape index (κ2) is 4.47. The summed E-state index contributed by atoms with van der Waals surface area (Å²) in [5, 5.41) is 6.56. The summed E-state index contributed by atoms with van der Waals surface area (Å²) in [6.45, 7) is 5.24. The third kappa shape index (κ3) is 2.06. The molecule has 0 spiro atoms. The van der Waals surface area contributed by atoms with E-state index in [2.05, 4.69) is 16.7 Å². The van der Waals surface area contributed by atoms with Crippen LogP contribution in [0.15, 0.2) is 18.2 Å². The Kier molecular flexibility index (Phi) is 2.82. The van der Waals surface area contributed by atoms with Crippen LogP contribution in [0.5, 0.6) is 0 Å². The number of hydrogen-bond donors (Lipinski definition) is 2. The number of carbonyl (C=O) groups excluding carboxylic acids is 1. The van der Waals surface area contributed by atoms with Crippen LogP contribution in [0.3, 0.4) is 0 Å². The maximum atomic E-state index is 12.3. The van der Waals surface area contributed by atoms with Crippen LogP contribution < -0.4 is 10.6 Å². The maximum absolute atomic E-state index is 12.3. The van der Waals surface area contributed by atoms with Gasteiger partial charge in [-0.15, -0.1) is 0 Å². The van der Waals surface area contributed by atoms with E-state index in [4.69, 9.17) is 0 Å². The van der Waals surface area contributed by atoms with Gasteiger partial charge in [-0.3, -0.25) is 4.79 Å². The molecule has 1 fully saturated rings. The number of carbonyl (C=O) groups is 1. The third-order valence-electron chi connectivity index (χ3n) is 3.49. The number of benzene rings is 1. The first-order valence-corrected chi connectivity index (χ1v) is 6.17. The summed E-state index contributed by atoms with van der Waals surface area (Å²) >= 11 is 0. The van der Waals surface area contributed by atoms with Crippen LogP contribution in [-0.2, 0) is 13.1 Å². The Labute approximate surface area is 101 Å². The number of nitrogens with one attached hydrogen (secondary N) is 2. The molecule has 0 atom stereocenters. The van der Waals surface area contributed by atoms with Crippen LogP contribution >= 0.6 is 0 Å². The van der Waals surface area contributed by atoms with E-state index in [1.807, 2.05) is 17.0 Å². The Morgan fingerprint density at radius 1 is 1.06 bits per heavy atom. The van der Waals surface area contributed by atoms with Crippen LogP contribution in [0.1, 0.15) is 21.5 Å². The van der Waals surface area contributed by atoms with Crippen molar-refractivity contribution in [2.75, 3.05) is 26.2 Å². The van der Waals surface area contributed by atoms with Crippen LogP contribution in [0, 0.1) is 0 Å². The molecule has 1 amide bonds. The van der Waals surface area contributed by atoms with Crippen LogP contribution in [0.25, 0.3) is 0 Å². The summed E-state index contributed by atoms with van der Waals surface area (Å²) in [6.07, 6.45) is 0. The SMILES string of the molecule is O=C(c1ccc2c(c1)CNC2)N1CCNCC1. The van der Waals surface area contributed by atoms with E-state index in [1.165, 1.54) is 11.1 Å². The van der Waals surface area contributed by atoms with E-state index in [1.54, 1.807) is 0 Å². The average molecular weight is 231 g/mol. The fraction of sp³-hybridized carbons (Fsp3) is 0.462. The Bertz CT molecular complexity index is 438. The molecular formula is C13H17N3O. The number of nitrogens with zero attached hydrogens (tertiary/aromatic N) is 1. The highest BCUT2D eigenvalue weighted by Gasteiger charge is 2.19. The first-order valence-electron chi connectivity index (χ1n) is 6.17. The average Bonchev–Trinajstić information content (AvgIpc) is 2.86. The molecule has 3 rings (SSSR count). The lowest BCUT2D eigenvalue weighted by Gasteiger charge is -2.27. The minimum atomic E-state index is 0.168. The van der Waals surface area contributed by atoms with Gasteiger partial charge in [0, 0.05) is 44.8 Å². The highest BCUT2D eigenvalue weighted by molar-refractivity contribution is 5.94. The molecule has 2 aliphatic rings. The van der Waals surface area contributed by atoms with Gasteiger partial charge in [-0.2, -0.15) is 0 Å². The van der Waals surface area contributed by atoms with Crippen LogP contribution in [0.2, 0.25) is 0 Å². The van der Waals surface area contributed by atoms with Gasteiger partial charge in [0.05, 0.1) is 0 Å². The molecule has 90 valence electrons. The van der Waals surface area contributed by atoms with Crippen molar-refractivity contribution in [1.29, 1.82) is 0 Å². The predicted molar refractivity (Wildman–Crippen MR) is 65.8 cm³/mol. The lowest BCUT2D eigenvalue weighted by Crippen LogP contribution is -2.46. The second-order valence-corrected chi connectivity index (χ2v) is 4.63. The van der Waals surface area contributed by atoms with Gasteiger partial charge in [0.2, 0.25) is 0 Å². The molecule has 4 heteroatoms. The standard InChI is InChI=1S/C13H17N3O/c17-13(16-5-3-14-4-6-16)10-1-2-11-8-15-9-12(11)7-10/h1-2,7,14-15H,3-6,8-9H2. The van der Waals surface area contributed by atoms with Crippen molar-refractivity contribution in [2.45, 2.75) is 13.1 Å². The van der Waals surface area contributed by atoms with E-state index in [-0.39, 0.29) is 5.91 Å². The van der Waals surface area contributed by atoms with E-state index < -0.39 is 0 Å². The molecule has 1 saturated heterocycles. The first kappa shape index (κ1) is 10.7. The number of hydrogen-bond acceptors (Lipinski definition) is 3. The lowest BCUT2D eigenvalue weighted by atomic mass is 10.1. The molecule has 0 saturated carbocycles. The largest absolute Gasteiger partial charge is 0.336 e. The summed E-state index contributed by atoms with van der Waals surface area (Å²) in [5.74, 6) is 0.168. The molecule has 2 N–H and O–H groups in total. The number of fused-ring (bicyclic) bond motifs is 1. The van der Waals surface area contributed by atoms with Crippen molar-refractivity contribution in [1.82, 2.24) is 15.5 Å². The monoisotopic (exact) mass is 231 g/mol. The smallest absolute Gasteiger partial charge is 0.253 e. The minimum absolute atomic E-state index is 0.168. The fourth-order valence-corrected chi connectivity index (χ4v) is 2.48. The zero-order chi connectivity index (χ0) is 11.7. The van der Waals surface area contributed by atoms with Gasteiger partial charge < -0.3 is 15.5 Å². The Hall–Kier alpha value is -1.39. The van der Waals surface area contributed by atoms with Crippen molar-refractivity contribution in [3.63, 3.8) is 0 Å². The quantitative estimate of drug-likeness (QED) is 0.732. The van der Waals surface area contributed by atoms with Gasteiger partial charge in [-0.25, -0.2) is 0 Å². The first-order chi connectivity index (χ1) is 8.34. The van der Waals surface area contributed by atoms with Crippen LogP contribution in [-0.4, -0.2) is 37.0 Å². The number of rotatable bonds is 1. The molecule has 0 bridgehead atoms. The van der Waals surface area contributed by atoms with Crippen molar-refractivity contribution < 1.29 is 4.79 Å². The zero-order valence-electron chi connectivity index (χ0n) is 9.83. The topological polar surface area (TPSA) is 44.4 Å². The lowest BCUT2D eigenvalue weighted by molar-refractivity contribution is 0.0735. The minimum Gasteiger partial charge on any atom is -0.336 e. The summed E-state index contributed by atoms with van der Waals surface area (Å²) in [5.41, 5.74) is 3.42. The zero-order valence-corrected chi connectivity index (χ0v) is 9.83. The van der Waals surface area contributed by atoms with E-state index in [9.17, 15) is 4.79 Å². The predicted octanol–water partition coefficient (Wildman–Crippen LogP) is 0.335. The van der Waals surface area contributed by atoms with Crippen molar-refractivity contribution in [3.05, 3.63) is 34.9 Å². The molecule has 0 unspecified atom stereocenters. The molecular weight excluding hydrogens is 214 g/mol. The van der Waals surface area contributed by atoms with E-state index in [0.717, 1.165) is 44.8 Å². The molecule has 2 aliphatic heterocycles. The molecule has 0 radical (unpaired) electrons. The molecule has 1 aromatic carbocycles. The summed E-state index contributed by atoms with van der Waals surface area (Å²) in [4.78, 5) is 14.2. The summed E-state index contributed by atoms with van der Waals surface area (Å²) < 4.78 is 0. The van der Waals surface area contributed by atoms with Gasteiger partial charge >= 0.3 is 0 Å². The highest BCUT2D eigenvalue weighted by Crippen LogP contribution is 2.18. The molecule has 4 nitrogen and oxygen atoms in total. The molecule has 0 aromatic heterocycles. The van der Waals surface area contributed by atoms with Gasteiger partial charge in [0.15, 0.2) is 0 Å². The van der Waals surface area contributed by atoms with Crippen molar-refractivity contribution >= 4 is 5.91 Å². The van der Waals surface area contributed by atoms with Gasteiger partial charge in [-0.05, 0) is 23.3 Å². The van der Waals surface area contributed by atoms with Gasteiger partial charge in [-0.1, -0.05) is 6.07 Å². The molecule has 1 aromatic rings. The Morgan fingerprint density at radius 2 is 1.82 bits per heavy atom. The van der Waals surface area contributed by atoms with E-state index in [0.29, 0.717) is 0 Å². The fourth-order valence-electron chi connectivity index (χ4n) is 2.48. The second-order valence-electron chi connectivity index (χ2n) is 4.63.